The van der Waals surface area contributed by atoms with Crippen molar-refractivity contribution in [3.05, 3.63) is 30.0 Å². The molecular formula is C18H30N6O. The summed E-state index contributed by atoms with van der Waals surface area (Å²) in [4.78, 5) is 6.52. The third-order valence-corrected chi connectivity index (χ3v) is 4.67. The van der Waals surface area contributed by atoms with E-state index in [0.29, 0.717) is 12.0 Å². The number of rotatable bonds is 7. The summed E-state index contributed by atoms with van der Waals surface area (Å²) in [7, 11) is 2.05. The Balaban J connectivity index is 1.75. The molecule has 0 amide bonds. The van der Waals surface area contributed by atoms with Gasteiger partial charge in [-0.2, -0.15) is 5.10 Å². The molecule has 2 aromatic heterocycles. The first-order valence-corrected chi connectivity index (χ1v) is 9.13. The molecule has 0 spiro atoms. The van der Waals surface area contributed by atoms with Crippen molar-refractivity contribution < 1.29 is 4.74 Å². The topological polar surface area (TPSA) is 60.1 Å². The second-order valence-corrected chi connectivity index (χ2v) is 7.11. The second-order valence-electron chi connectivity index (χ2n) is 7.11. The third-order valence-electron chi connectivity index (χ3n) is 4.67. The molecule has 0 unspecified atom stereocenters. The van der Waals surface area contributed by atoms with Gasteiger partial charge < -0.3 is 19.5 Å². The van der Waals surface area contributed by atoms with E-state index in [4.69, 9.17) is 9.84 Å². The van der Waals surface area contributed by atoms with Gasteiger partial charge in [-0.15, -0.1) is 0 Å². The second kappa shape index (κ2) is 8.01. The standard InChI is InChI=1S/C18H30N6O/c1-14(2)17-16(11-20-15(3)12-23-6-5-19-13-23)18(22(4)21-17)24-7-9-25-10-8-24/h5-6,13-15,20H,7-12H2,1-4H3/t15-/m0/s1. The highest BCUT2D eigenvalue weighted by Gasteiger charge is 2.24. The highest BCUT2D eigenvalue weighted by Crippen LogP contribution is 2.29. The zero-order valence-electron chi connectivity index (χ0n) is 15.8. The fraction of sp³-hybridized carbons (Fsp3) is 0.667. The first kappa shape index (κ1) is 17.9. The Morgan fingerprint density at radius 1 is 1.24 bits per heavy atom. The van der Waals surface area contributed by atoms with Crippen LogP contribution < -0.4 is 10.2 Å². The van der Waals surface area contributed by atoms with E-state index in [0.717, 1.165) is 39.4 Å². The first-order chi connectivity index (χ1) is 12.1. The maximum Gasteiger partial charge on any atom is 0.131 e. The van der Waals surface area contributed by atoms with Gasteiger partial charge in [0, 0.05) is 57.2 Å². The number of aromatic nitrogens is 4. The zero-order chi connectivity index (χ0) is 17.8. The molecule has 1 N–H and O–H groups in total. The normalized spacial score (nSPS) is 16.6. The third kappa shape index (κ3) is 4.22. The van der Waals surface area contributed by atoms with Crippen molar-refractivity contribution in [1.82, 2.24) is 24.6 Å². The van der Waals surface area contributed by atoms with Crippen molar-refractivity contribution in [2.75, 3.05) is 31.2 Å². The highest BCUT2D eigenvalue weighted by atomic mass is 16.5. The Labute approximate surface area is 150 Å². The number of hydrogen-bond donors (Lipinski definition) is 1. The molecule has 7 nitrogen and oxygen atoms in total. The number of nitrogens with one attached hydrogen (secondary N) is 1. The van der Waals surface area contributed by atoms with Crippen molar-refractivity contribution in [2.45, 2.75) is 45.8 Å². The lowest BCUT2D eigenvalue weighted by Gasteiger charge is -2.30. The number of imidazole rings is 1. The lowest BCUT2D eigenvalue weighted by molar-refractivity contribution is 0.122. The monoisotopic (exact) mass is 346 g/mol. The molecule has 138 valence electrons. The van der Waals surface area contributed by atoms with E-state index >= 15 is 0 Å². The molecular weight excluding hydrogens is 316 g/mol. The number of ether oxygens (including phenoxy) is 1. The minimum atomic E-state index is 0.354. The number of hydrogen-bond acceptors (Lipinski definition) is 5. The van der Waals surface area contributed by atoms with Gasteiger partial charge in [-0.05, 0) is 12.8 Å². The molecule has 7 heteroatoms. The van der Waals surface area contributed by atoms with Gasteiger partial charge in [-0.3, -0.25) is 4.68 Å². The van der Waals surface area contributed by atoms with Crippen LogP contribution in [0, 0.1) is 0 Å². The molecule has 1 aliphatic heterocycles. The average molecular weight is 346 g/mol. The van der Waals surface area contributed by atoms with Crippen LogP contribution >= 0.6 is 0 Å². The maximum absolute atomic E-state index is 5.52. The van der Waals surface area contributed by atoms with Gasteiger partial charge in [0.2, 0.25) is 0 Å². The van der Waals surface area contributed by atoms with Crippen LogP contribution in [0.4, 0.5) is 5.82 Å². The van der Waals surface area contributed by atoms with Gasteiger partial charge in [0.1, 0.15) is 5.82 Å². The molecule has 1 saturated heterocycles. The van der Waals surface area contributed by atoms with Crippen LogP contribution in [0.15, 0.2) is 18.7 Å². The van der Waals surface area contributed by atoms with Crippen molar-refractivity contribution in [3.8, 4) is 0 Å². The molecule has 1 aliphatic rings. The molecule has 3 rings (SSSR count). The number of morpholine rings is 1. The minimum absolute atomic E-state index is 0.354. The van der Waals surface area contributed by atoms with E-state index < -0.39 is 0 Å². The van der Waals surface area contributed by atoms with Gasteiger partial charge in [0.15, 0.2) is 0 Å². The SMILES string of the molecule is CC(C)c1nn(C)c(N2CCOCC2)c1CN[C@@H](C)Cn1ccnc1. The van der Waals surface area contributed by atoms with Crippen molar-refractivity contribution >= 4 is 5.82 Å². The first-order valence-electron chi connectivity index (χ1n) is 9.13. The summed E-state index contributed by atoms with van der Waals surface area (Å²) in [6.07, 6.45) is 5.68. The van der Waals surface area contributed by atoms with E-state index in [1.165, 1.54) is 17.1 Å². The lowest BCUT2D eigenvalue weighted by atomic mass is 10.0. The van der Waals surface area contributed by atoms with E-state index in [9.17, 15) is 0 Å². The molecule has 0 bridgehead atoms. The van der Waals surface area contributed by atoms with Crippen molar-refractivity contribution in [1.29, 1.82) is 0 Å². The highest BCUT2D eigenvalue weighted by molar-refractivity contribution is 5.51. The summed E-state index contributed by atoms with van der Waals surface area (Å²) in [5.74, 6) is 1.64. The summed E-state index contributed by atoms with van der Waals surface area (Å²) >= 11 is 0. The Morgan fingerprint density at radius 2 is 2.00 bits per heavy atom. The van der Waals surface area contributed by atoms with Crippen LogP contribution in [0.25, 0.3) is 0 Å². The summed E-state index contributed by atoms with van der Waals surface area (Å²) < 4.78 is 9.66. The van der Waals surface area contributed by atoms with E-state index in [2.05, 4.69) is 47.6 Å². The summed E-state index contributed by atoms with van der Waals surface area (Å²) in [5.41, 5.74) is 2.50. The number of nitrogens with zero attached hydrogens (tertiary/aromatic N) is 5. The Bertz CT molecular complexity index is 657. The van der Waals surface area contributed by atoms with Crippen molar-refractivity contribution in [3.63, 3.8) is 0 Å². The minimum Gasteiger partial charge on any atom is -0.378 e. The lowest BCUT2D eigenvalue weighted by Crippen LogP contribution is -2.38. The molecule has 1 fully saturated rings. The Hall–Kier alpha value is -1.86. The molecule has 0 aromatic carbocycles. The van der Waals surface area contributed by atoms with Crippen LogP contribution in [-0.4, -0.2) is 51.7 Å². The largest absolute Gasteiger partial charge is 0.378 e. The smallest absolute Gasteiger partial charge is 0.131 e. The van der Waals surface area contributed by atoms with Crippen LogP contribution in [0.1, 0.15) is 37.9 Å². The zero-order valence-corrected chi connectivity index (χ0v) is 15.8. The molecule has 0 saturated carbocycles. The number of aryl methyl sites for hydroxylation is 1. The van der Waals surface area contributed by atoms with Gasteiger partial charge in [-0.25, -0.2) is 4.98 Å². The summed E-state index contributed by atoms with van der Waals surface area (Å²) in [6.45, 7) is 11.8. The molecule has 25 heavy (non-hydrogen) atoms. The fourth-order valence-corrected chi connectivity index (χ4v) is 3.44. The predicted octanol–water partition coefficient (Wildman–Crippen LogP) is 1.75. The Morgan fingerprint density at radius 3 is 2.64 bits per heavy atom. The molecule has 1 atom stereocenters. The van der Waals surface area contributed by atoms with Crippen molar-refractivity contribution in [2.24, 2.45) is 7.05 Å². The average Bonchev–Trinajstić information content (AvgIpc) is 3.21. The quantitative estimate of drug-likeness (QED) is 0.828. The molecule has 0 aliphatic carbocycles. The van der Waals surface area contributed by atoms with Crippen LogP contribution in [0.5, 0.6) is 0 Å². The summed E-state index contributed by atoms with van der Waals surface area (Å²) in [6, 6.07) is 0.354. The van der Waals surface area contributed by atoms with Crippen LogP contribution in [0.2, 0.25) is 0 Å². The fourth-order valence-electron chi connectivity index (χ4n) is 3.44. The van der Waals surface area contributed by atoms with Gasteiger partial charge >= 0.3 is 0 Å². The maximum atomic E-state index is 5.52. The molecule has 3 heterocycles. The van der Waals surface area contributed by atoms with E-state index in [1.54, 1.807) is 0 Å². The molecule has 0 radical (unpaired) electrons. The number of anilines is 1. The Kier molecular flexibility index (Phi) is 5.75. The van der Waals surface area contributed by atoms with Gasteiger partial charge in [-0.1, -0.05) is 13.8 Å². The molecule has 2 aromatic rings. The van der Waals surface area contributed by atoms with E-state index in [1.807, 2.05) is 23.4 Å². The van der Waals surface area contributed by atoms with Crippen LogP contribution in [0.3, 0.4) is 0 Å². The van der Waals surface area contributed by atoms with Crippen LogP contribution in [-0.2, 0) is 24.9 Å². The van der Waals surface area contributed by atoms with E-state index in [-0.39, 0.29) is 0 Å². The summed E-state index contributed by atoms with van der Waals surface area (Å²) in [5, 5.41) is 8.48. The van der Waals surface area contributed by atoms with Gasteiger partial charge in [0.05, 0.1) is 25.2 Å². The predicted molar refractivity (Wildman–Crippen MR) is 98.9 cm³/mol. The van der Waals surface area contributed by atoms with Gasteiger partial charge in [0.25, 0.3) is 0 Å².